The van der Waals surface area contributed by atoms with Gasteiger partial charge >= 0.3 is 0 Å². The zero-order valence-electron chi connectivity index (χ0n) is 12.4. The van der Waals surface area contributed by atoms with E-state index in [0.717, 1.165) is 18.4 Å². The van der Waals surface area contributed by atoms with Crippen LogP contribution in [0.3, 0.4) is 0 Å². The first-order valence-electron chi connectivity index (χ1n) is 7.70. The van der Waals surface area contributed by atoms with Crippen LogP contribution in [0.1, 0.15) is 24.8 Å². The number of nitrogens with zero attached hydrogens (tertiary/aromatic N) is 1. The van der Waals surface area contributed by atoms with Gasteiger partial charge in [0.1, 0.15) is 5.82 Å². The van der Waals surface area contributed by atoms with Crippen molar-refractivity contribution in [3.05, 3.63) is 35.6 Å². The Labute approximate surface area is 130 Å². The van der Waals surface area contributed by atoms with Crippen LogP contribution >= 0.6 is 0 Å². The van der Waals surface area contributed by atoms with Crippen molar-refractivity contribution in [2.75, 3.05) is 18.1 Å². The molecule has 2 atom stereocenters. The molecule has 1 aromatic carbocycles. The molecule has 6 heteroatoms. The number of rotatable bonds is 3. The molecule has 0 aromatic heterocycles. The highest BCUT2D eigenvalue weighted by molar-refractivity contribution is 7.91. The SMILES string of the molecule is O=C(C1CCS(=O)(=O)C1)N1CCCC1Cc1ccc(F)cc1. The lowest BCUT2D eigenvalue weighted by Crippen LogP contribution is -2.41. The Bertz CT molecular complexity index is 656. The Hall–Kier alpha value is -1.43. The lowest BCUT2D eigenvalue weighted by Gasteiger charge is -2.27. The molecule has 1 amide bonds. The summed E-state index contributed by atoms with van der Waals surface area (Å²) >= 11 is 0. The van der Waals surface area contributed by atoms with Crippen molar-refractivity contribution >= 4 is 15.7 Å². The molecular formula is C16H20FNO3S. The number of hydrogen-bond acceptors (Lipinski definition) is 3. The van der Waals surface area contributed by atoms with Crippen LogP contribution in [0.4, 0.5) is 4.39 Å². The predicted octanol–water partition coefficient (Wildman–Crippen LogP) is 1.79. The molecule has 2 aliphatic heterocycles. The Balaban J connectivity index is 1.68. The number of carbonyl (C=O) groups is 1. The molecular weight excluding hydrogens is 305 g/mol. The van der Waals surface area contributed by atoms with E-state index in [-0.39, 0.29) is 35.2 Å². The summed E-state index contributed by atoms with van der Waals surface area (Å²) in [5.41, 5.74) is 1.00. The van der Waals surface area contributed by atoms with Gasteiger partial charge in [0.2, 0.25) is 5.91 Å². The van der Waals surface area contributed by atoms with Gasteiger partial charge in [-0.25, -0.2) is 12.8 Å². The summed E-state index contributed by atoms with van der Waals surface area (Å²) in [6.45, 7) is 0.696. The quantitative estimate of drug-likeness (QED) is 0.851. The highest BCUT2D eigenvalue weighted by atomic mass is 32.2. The van der Waals surface area contributed by atoms with E-state index in [1.54, 1.807) is 12.1 Å². The molecule has 22 heavy (non-hydrogen) atoms. The summed E-state index contributed by atoms with van der Waals surface area (Å²) < 4.78 is 36.1. The zero-order valence-corrected chi connectivity index (χ0v) is 13.2. The summed E-state index contributed by atoms with van der Waals surface area (Å²) in [4.78, 5) is 14.4. The maximum absolute atomic E-state index is 13.0. The molecule has 0 saturated carbocycles. The molecule has 120 valence electrons. The number of carbonyl (C=O) groups excluding carboxylic acids is 1. The Kier molecular flexibility index (Phi) is 4.21. The first kappa shape index (κ1) is 15.5. The van der Waals surface area contributed by atoms with E-state index in [0.29, 0.717) is 19.4 Å². The number of halogens is 1. The Morgan fingerprint density at radius 3 is 2.59 bits per heavy atom. The van der Waals surface area contributed by atoms with E-state index >= 15 is 0 Å². The van der Waals surface area contributed by atoms with Crippen molar-refractivity contribution in [2.45, 2.75) is 31.7 Å². The fourth-order valence-electron chi connectivity index (χ4n) is 3.45. The van der Waals surface area contributed by atoms with Gasteiger partial charge in [-0.1, -0.05) is 12.1 Å². The van der Waals surface area contributed by atoms with Crippen LogP contribution in [0.5, 0.6) is 0 Å². The second-order valence-corrected chi connectivity index (χ2v) is 8.49. The third kappa shape index (κ3) is 3.32. The van der Waals surface area contributed by atoms with Crippen molar-refractivity contribution in [1.82, 2.24) is 4.90 Å². The third-order valence-corrected chi connectivity index (χ3v) is 6.39. The van der Waals surface area contributed by atoms with Crippen LogP contribution in [0.25, 0.3) is 0 Å². The largest absolute Gasteiger partial charge is 0.339 e. The van der Waals surface area contributed by atoms with E-state index < -0.39 is 9.84 Å². The van der Waals surface area contributed by atoms with Gasteiger partial charge < -0.3 is 4.90 Å². The molecule has 2 saturated heterocycles. The summed E-state index contributed by atoms with van der Waals surface area (Å²) in [6, 6.07) is 6.45. The van der Waals surface area contributed by atoms with Gasteiger partial charge in [0.15, 0.2) is 9.84 Å². The van der Waals surface area contributed by atoms with Crippen molar-refractivity contribution in [2.24, 2.45) is 5.92 Å². The lowest BCUT2D eigenvalue weighted by atomic mass is 10.0. The maximum Gasteiger partial charge on any atom is 0.226 e. The molecule has 0 aliphatic carbocycles. The summed E-state index contributed by atoms with van der Waals surface area (Å²) in [6.07, 6.45) is 3.01. The highest BCUT2D eigenvalue weighted by Gasteiger charge is 2.38. The van der Waals surface area contributed by atoms with Gasteiger partial charge in [-0.3, -0.25) is 4.79 Å². The van der Waals surface area contributed by atoms with Gasteiger partial charge in [0.25, 0.3) is 0 Å². The normalized spacial score (nSPS) is 27.2. The molecule has 0 bridgehead atoms. The standard InChI is InChI=1S/C16H20FNO3S/c17-14-5-3-12(4-6-14)10-15-2-1-8-18(15)16(19)13-7-9-22(20,21)11-13/h3-6,13,15H,1-2,7-11H2. The van der Waals surface area contributed by atoms with E-state index in [1.807, 2.05) is 4.90 Å². The molecule has 0 radical (unpaired) electrons. The van der Waals surface area contributed by atoms with Gasteiger partial charge in [0, 0.05) is 12.6 Å². The van der Waals surface area contributed by atoms with Crippen molar-refractivity contribution < 1.29 is 17.6 Å². The second-order valence-electron chi connectivity index (χ2n) is 6.26. The first-order valence-corrected chi connectivity index (χ1v) is 9.52. The van der Waals surface area contributed by atoms with Gasteiger partial charge in [-0.2, -0.15) is 0 Å². The molecule has 0 N–H and O–H groups in total. The minimum atomic E-state index is -3.04. The average molecular weight is 325 g/mol. The van der Waals surface area contributed by atoms with Gasteiger partial charge in [-0.15, -0.1) is 0 Å². The average Bonchev–Trinajstić information content (AvgIpc) is 3.07. The van der Waals surface area contributed by atoms with Crippen LogP contribution in [0, 0.1) is 11.7 Å². The number of benzene rings is 1. The van der Waals surface area contributed by atoms with Crippen LogP contribution < -0.4 is 0 Å². The van der Waals surface area contributed by atoms with Crippen molar-refractivity contribution in [3.8, 4) is 0 Å². The van der Waals surface area contributed by atoms with Crippen LogP contribution in [-0.2, 0) is 21.1 Å². The van der Waals surface area contributed by atoms with Crippen LogP contribution in [-0.4, -0.2) is 43.3 Å². The highest BCUT2D eigenvalue weighted by Crippen LogP contribution is 2.27. The topological polar surface area (TPSA) is 54.5 Å². The summed E-state index contributed by atoms with van der Waals surface area (Å²) in [5.74, 6) is -0.547. The minimum absolute atomic E-state index is 0.00833. The number of likely N-dealkylation sites (tertiary alicyclic amines) is 1. The Morgan fingerprint density at radius 1 is 1.23 bits per heavy atom. The van der Waals surface area contributed by atoms with Crippen LogP contribution in [0.15, 0.2) is 24.3 Å². The van der Waals surface area contributed by atoms with Crippen molar-refractivity contribution in [3.63, 3.8) is 0 Å². The fraction of sp³-hybridized carbons (Fsp3) is 0.562. The van der Waals surface area contributed by atoms with E-state index in [2.05, 4.69) is 0 Å². The predicted molar refractivity (Wildman–Crippen MR) is 81.6 cm³/mol. The maximum atomic E-state index is 13.0. The zero-order chi connectivity index (χ0) is 15.7. The van der Waals surface area contributed by atoms with Gasteiger partial charge in [0.05, 0.1) is 17.4 Å². The molecule has 3 rings (SSSR count). The number of amides is 1. The Morgan fingerprint density at radius 2 is 1.95 bits per heavy atom. The molecule has 2 aliphatic rings. The van der Waals surface area contributed by atoms with E-state index in [9.17, 15) is 17.6 Å². The smallest absolute Gasteiger partial charge is 0.226 e. The van der Waals surface area contributed by atoms with Gasteiger partial charge in [-0.05, 0) is 43.4 Å². The van der Waals surface area contributed by atoms with Crippen LogP contribution in [0.2, 0.25) is 0 Å². The molecule has 2 heterocycles. The van der Waals surface area contributed by atoms with Crippen molar-refractivity contribution in [1.29, 1.82) is 0 Å². The molecule has 2 unspecified atom stereocenters. The molecule has 4 nitrogen and oxygen atoms in total. The summed E-state index contributed by atoms with van der Waals surface area (Å²) in [7, 11) is -3.04. The molecule has 2 fully saturated rings. The number of hydrogen-bond donors (Lipinski definition) is 0. The number of sulfone groups is 1. The second kappa shape index (κ2) is 5.99. The summed E-state index contributed by atoms with van der Waals surface area (Å²) in [5, 5.41) is 0. The van der Waals surface area contributed by atoms with E-state index in [4.69, 9.17) is 0 Å². The lowest BCUT2D eigenvalue weighted by molar-refractivity contribution is -0.135. The molecule has 1 aromatic rings. The molecule has 0 spiro atoms. The fourth-order valence-corrected chi connectivity index (χ4v) is 5.19. The minimum Gasteiger partial charge on any atom is -0.339 e. The first-order chi connectivity index (χ1) is 10.4. The third-order valence-electron chi connectivity index (χ3n) is 4.63. The van der Waals surface area contributed by atoms with E-state index in [1.165, 1.54) is 12.1 Å². The monoisotopic (exact) mass is 325 g/mol.